The number of hydrogen-bond donors (Lipinski definition) is 2. The molecular formula is C15H16O4S. The number of aryl methyl sites for hydroxylation is 1. The van der Waals surface area contributed by atoms with E-state index in [1.165, 1.54) is 11.3 Å². The highest BCUT2D eigenvalue weighted by Gasteiger charge is 2.12. The first kappa shape index (κ1) is 14.6. The Labute approximate surface area is 121 Å². The molecule has 4 nitrogen and oxygen atoms in total. The Balaban J connectivity index is 2.11. The lowest BCUT2D eigenvalue weighted by molar-refractivity contribution is 0.0702. The molecule has 0 unspecified atom stereocenters. The third-order valence-electron chi connectivity index (χ3n) is 2.97. The normalized spacial score (nSPS) is 10.5. The van der Waals surface area contributed by atoms with Crippen molar-refractivity contribution >= 4 is 17.3 Å². The van der Waals surface area contributed by atoms with E-state index in [1.807, 2.05) is 31.2 Å². The molecule has 20 heavy (non-hydrogen) atoms. The maximum Gasteiger partial charge on any atom is 0.345 e. The quantitative estimate of drug-likeness (QED) is 0.859. The van der Waals surface area contributed by atoms with Crippen LogP contribution in [-0.4, -0.2) is 22.8 Å². The van der Waals surface area contributed by atoms with Crippen LogP contribution in [0, 0.1) is 6.92 Å². The summed E-state index contributed by atoms with van der Waals surface area (Å²) in [6.45, 7) is 2.29. The van der Waals surface area contributed by atoms with Crippen molar-refractivity contribution in [1.29, 1.82) is 0 Å². The maximum absolute atomic E-state index is 10.9. The summed E-state index contributed by atoms with van der Waals surface area (Å²) in [7, 11) is 0. The van der Waals surface area contributed by atoms with Gasteiger partial charge in [0.25, 0.3) is 0 Å². The number of carboxylic acids is 1. The summed E-state index contributed by atoms with van der Waals surface area (Å²) in [4.78, 5) is 12.2. The highest BCUT2D eigenvalue weighted by atomic mass is 32.1. The molecule has 106 valence electrons. The molecule has 0 saturated carbocycles. The molecule has 0 aliphatic carbocycles. The fourth-order valence-corrected chi connectivity index (χ4v) is 2.76. The van der Waals surface area contributed by atoms with Gasteiger partial charge in [-0.1, -0.05) is 18.2 Å². The average molecular weight is 292 g/mol. The van der Waals surface area contributed by atoms with Crippen LogP contribution < -0.4 is 4.74 Å². The lowest BCUT2D eigenvalue weighted by Gasteiger charge is -2.10. The zero-order chi connectivity index (χ0) is 14.5. The molecule has 1 aromatic heterocycles. The molecule has 0 amide bonds. The van der Waals surface area contributed by atoms with Crippen molar-refractivity contribution in [3.63, 3.8) is 0 Å². The standard InChI is InChI=1S/C15H16O4S/c1-10-12(8-14(20-10)15(17)18)9-19-13-5-3-2-4-11(13)6-7-16/h2-5,8,16H,6-7,9H2,1H3,(H,17,18). The summed E-state index contributed by atoms with van der Waals surface area (Å²) in [5.74, 6) is -0.186. The number of hydrogen-bond acceptors (Lipinski definition) is 4. The van der Waals surface area contributed by atoms with Gasteiger partial charge in [0.05, 0.1) is 0 Å². The van der Waals surface area contributed by atoms with E-state index in [2.05, 4.69) is 0 Å². The van der Waals surface area contributed by atoms with E-state index in [0.717, 1.165) is 21.8 Å². The number of aromatic carboxylic acids is 1. The van der Waals surface area contributed by atoms with Crippen LogP contribution in [-0.2, 0) is 13.0 Å². The van der Waals surface area contributed by atoms with Gasteiger partial charge in [0.15, 0.2) is 0 Å². The van der Waals surface area contributed by atoms with Gasteiger partial charge in [0, 0.05) is 17.0 Å². The number of rotatable bonds is 6. The minimum absolute atomic E-state index is 0.0705. The number of carbonyl (C=O) groups is 1. The number of aliphatic hydroxyl groups is 1. The van der Waals surface area contributed by atoms with Crippen LogP contribution in [0.5, 0.6) is 5.75 Å². The molecule has 0 atom stereocenters. The molecule has 5 heteroatoms. The van der Waals surface area contributed by atoms with Crippen LogP contribution in [0.15, 0.2) is 30.3 Å². The number of carboxylic acid groups (broad SMARTS) is 1. The zero-order valence-corrected chi connectivity index (χ0v) is 11.9. The molecule has 1 heterocycles. The first-order valence-electron chi connectivity index (χ1n) is 6.26. The lowest BCUT2D eigenvalue weighted by Crippen LogP contribution is -2.00. The largest absolute Gasteiger partial charge is 0.489 e. The van der Waals surface area contributed by atoms with Gasteiger partial charge >= 0.3 is 5.97 Å². The summed E-state index contributed by atoms with van der Waals surface area (Å²) < 4.78 is 5.75. The molecular weight excluding hydrogens is 276 g/mol. The summed E-state index contributed by atoms with van der Waals surface area (Å²) in [5, 5.41) is 18.0. The highest BCUT2D eigenvalue weighted by molar-refractivity contribution is 7.14. The Hall–Kier alpha value is -1.85. The van der Waals surface area contributed by atoms with E-state index in [-0.39, 0.29) is 6.61 Å². The molecule has 0 fully saturated rings. The SMILES string of the molecule is Cc1sc(C(=O)O)cc1COc1ccccc1CCO. The molecule has 0 bridgehead atoms. The number of thiophene rings is 1. The molecule has 0 radical (unpaired) electrons. The van der Waals surface area contributed by atoms with E-state index < -0.39 is 5.97 Å². The molecule has 0 aliphatic rings. The summed E-state index contributed by atoms with van der Waals surface area (Å²) >= 11 is 1.25. The van der Waals surface area contributed by atoms with Gasteiger partial charge < -0.3 is 14.9 Å². The molecule has 1 aromatic carbocycles. The second-order valence-corrected chi connectivity index (χ2v) is 5.62. The second-order valence-electron chi connectivity index (χ2n) is 4.37. The summed E-state index contributed by atoms with van der Waals surface area (Å²) in [5.41, 5.74) is 1.83. The minimum atomic E-state index is -0.912. The van der Waals surface area contributed by atoms with Gasteiger partial charge in [-0.25, -0.2) is 4.79 Å². The van der Waals surface area contributed by atoms with Gasteiger partial charge in [0.1, 0.15) is 17.2 Å². The average Bonchev–Trinajstić information content (AvgIpc) is 2.80. The third-order valence-corrected chi connectivity index (χ3v) is 4.05. The van der Waals surface area contributed by atoms with Crippen molar-refractivity contribution in [2.75, 3.05) is 6.61 Å². The molecule has 0 spiro atoms. The van der Waals surface area contributed by atoms with Crippen LogP contribution in [0.3, 0.4) is 0 Å². The van der Waals surface area contributed by atoms with Gasteiger partial charge in [-0.05, 0) is 31.0 Å². The van der Waals surface area contributed by atoms with Crippen LogP contribution in [0.25, 0.3) is 0 Å². The van der Waals surface area contributed by atoms with Crippen LogP contribution in [0.2, 0.25) is 0 Å². The van der Waals surface area contributed by atoms with Crippen molar-refractivity contribution in [2.45, 2.75) is 20.0 Å². The van der Waals surface area contributed by atoms with Crippen molar-refractivity contribution in [3.05, 3.63) is 51.2 Å². The summed E-state index contributed by atoms with van der Waals surface area (Å²) in [6.07, 6.45) is 0.541. The molecule has 2 N–H and O–H groups in total. The minimum Gasteiger partial charge on any atom is -0.489 e. The fourth-order valence-electron chi connectivity index (χ4n) is 1.90. The number of para-hydroxylation sites is 1. The van der Waals surface area contributed by atoms with Crippen LogP contribution in [0.4, 0.5) is 0 Å². The molecule has 2 rings (SSSR count). The maximum atomic E-state index is 10.9. The third kappa shape index (κ3) is 3.37. The number of ether oxygens (including phenoxy) is 1. The van der Waals surface area contributed by atoms with E-state index in [9.17, 15) is 4.79 Å². The first-order valence-corrected chi connectivity index (χ1v) is 7.07. The molecule has 0 aliphatic heterocycles. The predicted molar refractivity (Wildman–Crippen MR) is 77.6 cm³/mol. The zero-order valence-electron chi connectivity index (χ0n) is 11.1. The first-order chi connectivity index (χ1) is 9.61. The summed E-state index contributed by atoms with van der Waals surface area (Å²) in [6, 6.07) is 9.19. The van der Waals surface area contributed by atoms with Crippen LogP contribution in [0.1, 0.15) is 25.7 Å². The van der Waals surface area contributed by atoms with E-state index in [1.54, 1.807) is 6.07 Å². The smallest absolute Gasteiger partial charge is 0.345 e. The Morgan fingerprint density at radius 2 is 2.05 bits per heavy atom. The van der Waals surface area contributed by atoms with Crippen molar-refractivity contribution in [1.82, 2.24) is 0 Å². The highest BCUT2D eigenvalue weighted by Crippen LogP contribution is 2.25. The van der Waals surface area contributed by atoms with Gasteiger partial charge in [-0.2, -0.15) is 0 Å². The Morgan fingerprint density at radius 1 is 1.30 bits per heavy atom. The van der Waals surface area contributed by atoms with Gasteiger partial charge in [0.2, 0.25) is 0 Å². The molecule has 0 saturated heterocycles. The van der Waals surface area contributed by atoms with Gasteiger partial charge in [-0.15, -0.1) is 11.3 Å². The monoisotopic (exact) mass is 292 g/mol. The van der Waals surface area contributed by atoms with E-state index >= 15 is 0 Å². The van der Waals surface area contributed by atoms with Crippen LogP contribution >= 0.6 is 11.3 Å². The van der Waals surface area contributed by atoms with Crippen molar-refractivity contribution < 1.29 is 19.7 Å². The van der Waals surface area contributed by atoms with Crippen molar-refractivity contribution in [2.24, 2.45) is 0 Å². The Bertz CT molecular complexity index is 604. The van der Waals surface area contributed by atoms with Crippen molar-refractivity contribution in [3.8, 4) is 5.75 Å². The topological polar surface area (TPSA) is 66.8 Å². The molecule has 2 aromatic rings. The van der Waals surface area contributed by atoms with E-state index in [4.69, 9.17) is 14.9 Å². The van der Waals surface area contributed by atoms with E-state index in [0.29, 0.717) is 17.9 Å². The predicted octanol–water partition coefficient (Wildman–Crippen LogP) is 2.87. The number of benzene rings is 1. The van der Waals surface area contributed by atoms with Gasteiger partial charge in [-0.3, -0.25) is 0 Å². The fraction of sp³-hybridized carbons (Fsp3) is 0.267. The lowest BCUT2D eigenvalue weighted by atomic mass is 10.1. The Morgan fingerprint density at radius 3 is 2.70 bits per heavy atom. The second kappa shape index (κ2) is 6.54. The Kier molecular flexibility index (Phi) is 4.76. The number of aliphatic hydroxyl groups excluding tert-OH is 1.